The molecule has 1 atom stereocenters. The SMILES string of the molecule is CCC(NC)c1nnc(C(F)(F)C(F)F)o1. The minimum Gasteiger partial charge on any atom is -0.418 e. The molecule has 1 aromatic rings. The Morgan fingerprint density at radius 3 is 2.44 bits per heavy atom. The summed E-state index contributed by atoms with van der Waals surface area (Å²) >= 11 is 0. The number of halogens is 4. The highest BCUT2D eigenvalue weighted by Gasteiger charge is 2.48. The second-order valence-corrected chi connectivity index (χ2v) is 3.12. The van der Waals surface area contributed by atoms with E-state index >= 15 is 0 Å². The molecule has 0 aromatic carbocycles. The van der Waals surface area contributed by atoms with E-state index in [1.165, 1.54) is 0 Å². The van der Waals surface area contributed by atoms with Crippen LogP contribution in [-0.4, -0.2) is 23.7 Å². The lowest BCUT2D eigenvalue weighted by Crippen LogP contribution is -2.24. The fourth-order valence-corrected chi connectivity index (χ4v) is 1.11. The van der Waals surface area contributed by atoms with E-state index in [4.69, 9.17) is 0 Å². The number of nitrogens with zero attached hydrogens (tertiary/aromatic N) is 2. The summed E-state index contributed by atoms with van der Waals surface area (Å²) < 4.78 is 54.1. The Morgan fingerprint density at radius 2 is 2.00 bits per heavy atom. The Bertz CT molecular complexity index is 338. The summed E-state index contributed by atoms with van der Waals surface area (Å²) in [4.78, 5) is 0. The molecular formula is C8H11F4N3O. The van der Waals surface area contributed by atoms with Gasteiger partial charge in [0, 0.05) is 0 Å². The quantitative estimate of drug-likeness (QED) is 0.802. The van der Waals surface area contributed by atoms with Crippen LogP contribution in [0.1, 0.15) is 31.2 Å². The molecule has 0 amide bonds. The van der Waals surface area contributed by atoms with Gasteiger partial charge in [0.1, 0.15) is 0 Å². The van der Waals surface area contributed by atoms with Gasteiger partial charge < -0.3 is 9.73 Å². The average molecular weight is 241 g/mol. The Kier molecular flexibility index (Phi) is 3.84. The zero-order chi connectivity index (χ0) is 12.3. The lowest BCUT2D eigenvalue weighted by atomic mass is 10.2. The largest absolute Gasteiger partial charge is 0.418 e. The smallest absolute Gasteiger partial charge is 0.382 e. The lowest BCUT2D eigenvalue weighted by Gasteiger charge is -2.10. The van der Waals surface area contributed by atoms with Crippen molar-refractivity contribution in [3.63, 3.8) is 0 Å². The van der Waals surface area contributed by atoms with Crippen LogP contribution in [0.2, 0.25) is 0 Å². The van der Waals surface area contributed by atoms with Crippen LogP contribution in [0.15, 0.2) is 4.42 Å². The van der Waals surface area contributed by atoms with E-state index < -0.39 is 24.3 Å². The van der Waals surface area contributed by atoms with E-state index in [-0.39, 0.29) is 5.89 Å². The molecule has 0 radical (unpaired) electrons. The molecule has 0 spiro atoms. The summed E-state index contributed by atoms with van der Waals surface area (Å²) in [5.74, 6) is -5.89. The van der Waals surface area contributed by atoms with Crippen molar-refractivity contribution in [2.75, 3.05) is 7.05 Å². The molecule has 0 aliphatic heterocycles. The van der Waals surface area contributed by atoms with Gasteiger partial charge in [0.15, 0.2) is 0 Å². The number of rotatable bonds is 5. The number of alkyl halides is 4. The van der Waals surface area contributed by atoms with Crippen molar-refractivity contribution < 1.29 is 22.0 Å². The highest BCUT2D eigenvalue weighted by molar-refractivity contribution is 4.96. The maximum Gasteiger partial charge on any atom is 0.382 e. The summed E-state index contributed by atoms with van der Waals surface area (Å²) in [7, 11) is 1.57. The first-order chi connectivity index (χ1) is 7.43. The predicted molar refractivity (Wildman–Crippen MR) is 46.3 cm³/mol. The van der Waals surface area contributed by atoms with Gasteiger partial charge in [-0.1, -0.05) is 6.92 Å². The third kappa shape index (κ3) is 2.31. The van der Waals surface area contributed by atoms with Gasteiger partial charge in [-0.25, -0.2) is 8.78 Å². The third-order valence-corrected chi connectivity index (χ3v) is 2.05. The first-order valence-corrected chi connectivity index (χ1v) is 4.60. The number of nitrogens with one attached hydrogen (secondary N) is 1. The first kappa shape index (κ1) is 12.9. The van der Waals surface area contributed by atoms with Crippen LogP contribution in [0, 0.1) is 0 Å². The van der Waals surface area contributed by atoms with Crippen molar-refractivity contribution in [3.05, 3.63) is 11.8 Å². The summed E-state index contributed by atoms with van der Waals surface area (Å²) in [5.41, 5.74) is 0. The Balaban J connectivity index is 2.94. The molecule has 1 N–H and O–H groups in total. The van der Waals surface area contributed by atoms with Gasteiger partial charge in [0.25, 0.3) is 5.89 Å². The second-order valence-electron chi connectivity index (χ2n) is 3.12. The normalized spacial score (nSPS) is 14.4. The fourth-order valence-electron chi connectivity index (χ4n) is 1.11. The molecule has 0 saturated carbocycles. The lowest BCUT2D eigenvalue weighted by molar-refractivity contribution is -0.151. The summed E-state index contributed by atoms with van der Waals surface area (Å²) in [5, 5.41) is 8.99. The number of hydrogen-bond donors (Lipinski definition) is 1. The molecule has 0 bridgehead atoms. The van der Waals surface area contributed by atoms with Gasteiger partial charge in [0.05, 0.1) is 6.04 Å². The van der Waals surface area contributed by atoms with Crippen LogP contribution in [0.4, 0.5) is 17.6 Å². The zero-order valence-corrected chi connectivity index (χ0v) is 8.68. The van der Waals surface area contributed by atoms with E-state index in [1.54, 1.807) is 14.0 Å². The van der Waals surface area contributed by atoms with Crippen LogP contribution < -0.4 is 5.32 Å². The maximum absolute atomic E-state index is 12.8. The van der Waals surface area contributed by atoms with E-state index in [0.29, 0.717) is 6.42 Å². The van der Waals surface area contributed by atoms with Crippen LogP contribution in [0.25, 0.3) is 0 Å². The highest BCUT2D eigenvalue weighted by Crippen LogP contribution is 2.34. The molecule has 92 valence electrons. The summed E-state index contributed by atoms with van der Waals surface area (Å²) in [6.45, 7) is 1.76. The van der Waals surface area contributed by atoms with Crippen molar-refractivity contribution in [2.45, 2.75) is 31.7 Å². The van der Waals surface area contributed by atoms with Crippen molar-refractivity contribution in [1.29, 1.82) is 0 Å². The minimum absolute atomic E-state index is 0.125. The molecule has 1 aromatic heterocycles. The minimum atomic E-state index is -4.41. The van der Waals surface area contributed by atoms with Gasteiger partial charge in [-0.3, -0.25) is 0 Å². The molecule has 0 aliphatic rings. The van der Waals surface area contributed by atoms with Gasteiger partial charge in [-0.15, -0.1) is 10.2 Å². The Hall–Kier alpha value is -1.18. The Labute approximate surface area is 89.0 Å². The topological polar surface area (TPSA) is 51.0 Å². The van der Waals surface area contributed by atoms with Gasteiger partial charge in [-0.05, 0) is 13.5 Å². The second kappa shape index (κ2) is 4.77. The van der Waals surface area contributed by atoms with Gasteiger partial charge in [0.2, 0.25) is 5.89 Å². The molecule has 1 heterocycles. The van der Waals surface area contributed by atoms with E-state index in [0.717, 1.165) is 0 Å². The van der Waals surface area contributed by atoms with E-state index in [1.807, 2.05) is 0 Å². The molecule has 0 saturated heterocycles. The summed E-state index contributed by atoms with van der Waals surface area (Å²) in [6.07, 6.45) is -3.35. The van der Waals surface area contributed by atoms with Gasteiger partial charge >= 0.3 is 12.3 Å². The standard InChI is InChI=1S/C8H11F4N3O/c1-3-4(13-2)5-14-15-7(16-5)8(11,12)6(9)10/h4,6,13H,3H2,1-2H3. The maximum atomic E-state index is 12.8. The molecular weight excluding hydrogens is 230 g/mol. The van der Waals surface area contributed by atoms with E-state index in [9.17, 15) is 17.6 Å². The van der Waals surface area contributed by atoms with Crippen LogP contribution in [0.3, 0.4) is 0 Å². The molecule has 1 unspecified atom stereocenters. The van der Waals surface area contributed by atoms with Crippen molar-refractivity contribution in [3.8, 4) is 0 Å². The number of aromatic nitrogens is 2. The van der Waals surface area contributed by atoms with Crippen molar-refractivity contribution >= 4 is 0 Å². The zero-order valence-electron chi connectivity index (χ0n) is 8.68. The average Bonchev–Trinajstić information content (AvgIpc) is 2.69. The molecule has 4 nitrogen and oxygen atoms in total. The molecule has 0 aliphatic carbocycles. The predicted octanol–water partition coefficient (Wildman–Crippen LogP) is 2.10. The molecule has 1 rings (SSSR count). The molecule has 0 fully saturated rings. The number of hydrogen-bond acceptors (Lipinski definition) is 4. The van der Waals surface area contributed by atoms with Crippen LogP contribution >= 0.6 is 0 Å². The van der Waals surface area contributed by atoms with E-state index in [2.05, 4.69) is 19.9 Å². The van der Waals surface area contributed by atoms with Crippen molar-refractivity contribution in [2.24, 2.45) is 0 Å². The van der Waals surface area contributed by atoms with Crippen molar-refractivity contribution in [1.82, 2.24) is 15.5 Å². The van der Waals surface area contributed by atoms with Gasteiger partial charge in [-0.2, -0.15) is 8.78 Å². The molecule has 16 heavy (non-hydrogen) atoms. The van der Waals surface area contributed by atoms with Crippen LogP contribution in [-0.2, 0) is 5.92 Å². The van der Waals surface area contributed by atoms with Crippen LogP contribution in [0.5, 0.6) is 0 Å². The third-order valence-electron chi connectivity index (χ3n) is 2.05. The molecule has 8 heteroatoms. The Morgan fingerprint density at radius 1 is 1.38 bits per heavy atom. The monoisotopic (exact) mass is 241 g/mol. The fraction of sp³-hybridized carbons (Fsp3) is 0.750. The first-order valence-electron chi connectivity index (χ1n) is 4.60. The summed E-state index contributed by atoms with van der Waals surface area (Å²) in [6, 6.07) is -0.422. The highest BCUT2D eigenvalue weighted by atomic mass is 19.3.